The molecule has 8 heteroatoms. The Morgan fingerprint density at radius 1 is 1.24 bits per heavy atom. The van der Waals surface area contributed by atoms with Gasteiger partial charge in [0.15, 0.2) is 0 Å². The van der Waals surface area contributed by atoms with Crippen molar-refractivity contribution in [2.24, 2.45) is 5.73 Å². The van der Waals surface area contributed by atoms with E-state index in [2.05, 4.69) is 12.1 Å². The molecule has 4 N–H and O–H groups in total. The number of hydrogen-bond acceptors (Lipinski definition) is 3. The van der Waals surface area contributed by atoms with E-state index in [1.54, 1.807) is 0 Å². The molecule has 1 rings (SSSR count). The van der Waals surface area contributed by atoms with Crippen LogP contribution in [0.15, 0.2) is 30.3 Å². The van der Waals surface area contributed by atoms with Crippen molar-refractivity contribution in [3.8, 4) is 0 Å². The summed E-state index contributed by atoms with van der Waals surface area (Å²) in [4.78, 5) is 0. The van der Waals surface area contributed by atoms with E-state index in [0.29, 0.717) is 0 Å². The van der Waals surface area contributed by atoms with E-state index < -0.39 is 10.4 Å². The molecule has 0 spiro atoms. The van der Waals surface area contributed by atoms with Gasteiger partial charge in [0.1, 0.15) is 0 Å². The topological polar surface area (TPSA) is 101 Å². The van der Waals surface area contributed by atoms with Gasteiger partial charge in [-0.3, -0.25) is 9.11 Å². The van der Waals surface area contributed by atoms with Gasteiger partial charge in [-0.05, 0) is 18.9 Å². The van der Waals surface area contributed by atoms with Crippen LogP contribution in [0.25, 0.3) is 0 Å². The molecular formula is C9H15CrNNiO4S. The number of benzene rings is 1. The van der Waals surface area contributed by atoms with Crippen molar-refractivity contribution in [3.05, 3.63) is 35.9 Å². The minimum absolute atomic E-state index is 0. The Morgan fingerprint density at radius 2 is 1.59 bits per heavy atom. The monoisotopic (exact) mass is 343 g/mol. The van der Waals surface area contributed by atoms with Crippen LogP contribution in [0.4, 0.5) is 0 Å². The SMILES string of the molecule is C[C@H](N)Cc1ccccc1.O=S(=O)(O)O.[Cr].[Ni]. The maximum absolute atomic E-state index is 8.74. The van der Waals surface area contributed by atoms with Gasteiger partial charge in [0.25, 0.3) is 0 Å². The third-order valence-electron chi connectivity index (χ3n) is 1.40. The first-order valence-electron chi connectivity index (χ1n) is 4.28. The molecule has 0 unspecified atom stereocenters. The van der Waals surface area contributed by atoms with E-state index in [-0.39, 0.29) is 39.9 Å². The molecular weight excluding hydrogens is 329 g/mol. The smallest absolute Gasteiger partial charge is 0.328 e. The molecule has 5 nitrogen and oxygen atoms in total. The van der Waals surface area contributed by atoms with E-state index >= 15 is 0 Å². The Bertz CT molecular complexity index is 364. The Labute approximate surface area is 122 Å². The second kappa shape index (κ2) is 11.2. The first-order chi connectivity index (χ1) is 6.79. The van der Waals surface area contributed by atoms with E-state index in [0.717, 1.165) is 6.42 Å². The van der Waals surface area contributed by atoms with Crippen LogP contribution in [-0.4, -0.2) is 23.6 Å². The maximum atomic E-state index is 8.74. The quantitative estimate of drug-likeness (QED) is 0.547. The Morgan fingerprint density at radius 3 is 1.88 bits per heavy atom. The summed E-state index contributed by atoms with van der Waals surface area (Å²) in [6.45, 7) is 2.02. The maximum Gasteiger partial charge on any atom is 0.394 e. The van der Waals surface area contributed by atoms with Crippen LogP contribution in [-0.2, 0) is 50.7 Å². The molecule has 1 atom stereocenters. The van der Waals surface area contributed by atoms with Gasteiger partial charge in [-0.1, -0.05) is 30.3 Å². The summed E-state index contributed by atoms with van der Waals surface area (Å²) in [6.07, 6.45) is 0.973. The minimum atomic E-state index is -4.67. The molecule has 0 aromatic heterocycles. The molecule has 0 fully saturated rings. The molecule has 0 aliphatic heterocycles. The minimum Gasteiger partial charge on any atom is -0.328 e. The van der Waals surface area contributed by atoms with Crippen molar-refractivity contribution in [1.82, 2.24) is 0 Å². The summed E-state index contributed by atoms with van der Waals surface area (Å²) in [6, 6.07) is 10.6. The molecule has 0 aliphatic rings. The Hall–Kier alpha value is 0.0760. The summed E-state index contributed by atoms with van der Waals surface area (Å²) >= 11 is 0. The summed E-state index contributed by atoms with van der Waals surface area (Å²) in [7, 11) is -4.67. The van der Waals surface area contributed by atoms with Crippen molar-refractivity contribution in [3.63, 3.8) is 0 Å². The molecule has 17 heavy (non-hydrogen) atoms. The third kappa shape index (κ3) is 21.8. The molecule has 0 heterocycles. The first-order valence-corrected chi connectivity index (χ1v) is 5.68. The van der Waals surface area contributed by atoms with Gasteiger partial charge in [-0.15, -0.1) is 0 Å². The first kappa shape index (κ1) is 22.3. The Kier molecular flexibility index (Phi) is 14.7. The predicted molar refractivity (Wildman–Crippen MR) is 58.0 cm³/mol. The fourth-order valence-electron chi connectivity index (χ4n) is 0.986. The molecule has 0 radical (unpaired) electrons. The normalized spacial score (nSPS) is 11.1. The van der Waals surface area contributed by atoms with Crippen LogP contribution in [0.2, 0.25) is 0 Å². The average Bonchev–Trinajstić information content (AvgIpc) is 2.01. The largest absolute Gasteiger partial charge is 0.394 e. The summed E-state index contributed by atoms with van der Waals surface area (Å²) in [5.74, 6) is 0. The van der Waals surface area contributed by atoms with Crippen molar-refractivity contribution in [2.75, 3.05) is 0 Å². The van der Waals surface area contributed by atoms with E-state index in [1.807, 2.05) is 25.1 Å². The fourth-order valence-corrected chi connectivity index (χ4v) is 0.986. The van der Waals surface area contributed by atoms with Gasteiger partial charge < -0.3 is 5.73 Å². The van der Waals surface area contributed by atoms with Gasteiger partial charge >= 0.3 is 10.4 Å². The van der Waals surface area contributed by atoms with Crippen LogP contribution in [0.3, 0.4) is 0 Å². The molecule has 0 saturated carbocycles. The third-order valence-corrected chi connectivity index (χ3v) is 1.40. The Balaban J connectivity index is -0.000000247. The molecule has 1 aromatic carbocycles. The second-order valence-corrected chi connectivity index (χ2v) is 4.01. The summed E-state index contributed by atoms with van der Waals surface area (Å²) in [5, 5.41) is 0. The van der Waals surface area contributed by atoms with Crippen LogP contribution in [0.1, 0.15) is 12.5 Å². The molecule has 102 valence electrons. The second-order valence-electron chi connectivity index (χ2n) is 3.11. The molecule has 0 bridgehead atoms. The van der Waals surface area contributed by atoms with Crippen LogP contribution < -0.4 is 5.73 Å². The zero-order valence-electron chi connectivity index (χ0n) is 9.09. The van der Waals surface area contributed by atoms with Crippen LogP contribution >= 0.6 is 0 Å². The summed E-state index contributed by atoms with van der Waals surface area (Å²) in [5.41, 5.74) is 6.94. The van der Waals surface area contributed by atoms with Crippen molar-refractivity contribution < 1.29 is 51.4 Å². The number of nitrogens with two attached hydrogens (primary N) is 1. The predicted octanol–water partition coefficient (Wildman–Crippen LogP) is 0.919. The van der Waals surface area contributed by atoms with E-state index in [9.17, 15) is 0 Å². The number of hydrogen-bond donors (Lipinski definition) is 3. The van der Waals surface area contributed by atoms with Crippen molar-refractivity contribution in [2.45, 2.75) is 19.4 Å². The molecule has 0 amide bonds. The standard InChI is InChI=1S/C9H13N.Cr.Ni.H2O4S/c1-8(10)7-9-5-3-2-4-6-9;;;1-5(2,3)4/h2-6,8H,7,10H2,1H3;;;(H2,1,2,3,4)/t8-;;;/m0.../s1. The van der Waals surface area contributed by atoms with Gasteiger partial charge in [0.05, 0.1) is 0 Å². The van der Waals surface area contributed by atoms with Gasteiger partial charge in [-0.25, -0.2) is 0 Å². The van der Waals surface area contributed by atoms with Crippen molar-refractivity contribution in [1.29, 1.82) is 0 Å². The van der Waals surface area contributed by atoms with Crippen LogP contribution in [0.5, 0.6) is 0 Å². The van der Waals surface area contributed by atoms with Crippen molar-refractivity contribution >= 4 is 10.4 Å². The average molecular weight is 344 g/mol. The van der Waals surface area contributed by atoms with E-state index in [4.69, 9.17) is 23.3 Å². The van der Waals surface area contributed by atoms with E-state index in [1.165, 1.54) is 5.56 Å². The number of rotatable bonds is 2. The van der Waals surface area contributed by atoms with Crippen LogP contribution in [0, 0.1) is 0 Å². The zero-order chi connectivity index (χ0) is 11.9. The molecule has 0 saturated heterocycles. The molecule has 0 aliphatic carbocycles. The molecule has 1 aromatic rings. The zero-order valence-corrected chi connectivity index (χ0v) is 12.2. The van der Waals surface area contributed by atoms with Gasteiger partial charge in [0.2, 0.25) is 0 Å². The van der Waals surface area contributed by atoms with Gasteiger partial charge in [0, 0.05) is 39.9 Å². The summed E-state index contributed by atoms with van der Waals surface area (Å²) < 4.78 is 31.6. The fraction of sp³-hybridized carbons (Fsp3) is 0.333. The van der Waals surface area contributed by atoms with Gasteiger partial charge in [-0.2, -0.15) is 8.42 Å².